The normalized spacial score (nSPS) is 9.00. The van der Waals surface area contributed by atoms with Gasteiger partial charge in [-0.05, 0) is 12.1 Å². The van der Waals surface area contributed by atoms with Crippen molar-refractivity contribution in [1.29, 1.82) is 0 Å². The maximum atomic E-state index is 9.97. The Morgan fingerprint density at radius 2 is 1.81 bits per heavy atom. The molecule has 0 spiro atoms. The van der Waals surface area contributed by atoms with E-state index in [9.17, 15) is 9.59 Å². The highest BCUT2D eigenvalue weighted by atomic mass is 16.5. The molecule has 0 amide bonds. The van der Waals surface area contributed by atoms with Gasteiger partial charge in [0.15, 0.2) is 0 Å². The van der Waals surface area contributed by atoms with Gasteiger partial charge < -0.3 is 19.2 Å². The molecule has 2 aromatic heterocycles. The Morgan fingerprint density at radius 3 is 2.06 bits per heavy atom. The molecule has 0 aromatic carbocycles. The molecule has 0 saturated heterocycles. The molecule has 0 fully saturated rings. The van der Waals surface area contributed by atoms with Gasteiger partial charge in [-0.1, -0.05) is 5.16 Å². The summed E-state index contributed by atoms with van der Waals surface area (Å²) in [7, 11) is 0. The fraction of sp³-hybridized carbons (Fsp3) is 0. The Labute approximate surface area is 88.9 Å². The number of hydrogen-bond acceptors (Lipinski definition) is 5. The van der Waals surface area contributed by atoms with E-state index in [1.807, 2.05) is 0 Å². The highest BCUT2D eigenvalue weighted by Crippen LogP contribution is 1.97. The number of hydrogen-bond donors (Lipinski definition) is 2. The van der Waals surface area contributed by atoms with Gasteiger partial charge >= 0.3 is 11.9 Å². The Kier molecular flexibility index (Phi) is 3.84. The average Bonchev–Trinajstić information content (AvgIpc) is 2.93. The van der Waals surface area contributed by atoms with Gasteiger partial charge in [-0.2, -0.15) is 0 Å². The topological polar surface area (TPSA) is 114 Å². The van der Waals surface area contributed by atoms with E-state index in [0.29, 0.717) is 0 Å². The minimum atomic E-state index is -1.09. The van der Waals surface area contributed by atoms with E-state index in [0.717, 1.165) is 0 Å². The van der Waals surface area contributed by atoms with Gasteiger partial charge in [0.2, 0.25) is 11.5 Å². The molecule has 84 valence electrons. The number of aromatic carboxylic acids is 2. The minimum absolute atomic E-state index is 0.0231. The lowest BCUT2D eigenvalue weighted by Gasteiger charge is -1.79. The number of rotatable bonds is 2. The molecule has 0 aliphatic rings. The first kappa shape index (κ1) is 11.5. The second-order valence-electron chi connectivity index (χ2n) is 2.46. The van der Waals surface area contributed by atoms with Crippen LogP contribution in [0, 0.1) is 0 Å². The highest BCUT2D eigenvalue weighted by Gasteiger charge is 2.03. The summed E-state index contributed by atoms with van der Waals surface area (Å²) in [6.45, 7) is 0. The van der Waals surface area contributed by atoms with Crippen LogP contribution in [0.2, 0.25) is 0 Å². The summed E-state index contributed by atoms with van der Waals surface area (Å²) in [5, 5.41) is 19.5. The van der Waals surface area contributed by atoms with Crippen molar-refractivity contribution in [2.45, 2.75) is 0 Å². The van der Waals surface area contributed by atoms with Crippen LogP contribution in [0.1, 0.15) is 21.1 Å². The van der Waals surface area contributed by atoms with Crippen molar-refractivity contribution in [1.82, 2.24) is 5.16 Å². The van der Waals surface area contributed by atoms with Crippen LogP contribution in [-0.4, -0.2) is 27.3 Å². The molecule has 0 saturated carbocycles. The number of furan rings is 1. The second kappa shape index (κ2) is 5.35. The van der Waals surface area contributed by atoms with Crippen LogP contribution in [0.4, 0.5) is 0 Å². The van der Waals surface area contributed by atoms with Gasteiger partial charge in [0.25, 0.3) is 0 Å². The van der Waals surface area contributed by atoms with Gasteiger partial charge in [0.05, 0.1) is 12.5 Å². The third kappa shape index (κ3) is 3.29. The lowest BCUT2D eigenvalue weighted by atomic mass is 10.5. The molecular formula is C9H7NO6. The van der Waals surface area contributed by atoms with Crippen molar-refractivity contribution in [2.24, 2.45) is 0 Å². The van der Waals surface area contributed by atoms with Gasteiger partial charge in [-0.3, -0.25) is 0 Å². The minimum Gasteiger partial charge on any atom is -0.475 e. The fourth-order valence-electron chi connectivity index (χ4n) is 0.726. The number of carboxylic acid groups (broad SMARTS) is 2. The van der Waals surface area contributed by atoms with Gasteiger partial charge in [0.1, 0.15) is 0 Å². The summed E-state index contributed by atoms with van der Waals surface area (Å²) in [5.41, 5.74) is 0. The molecule has 2 N–H and O–H groups in total. The summed E-state index contributed by atoms with van der Waals surface area (Å²) in [4.78, 5) is 19.9. The molecule has 2 aromatic rings. The zero-order valence-electron chi connectivity index (χ0n) is 7.86. The first-order valence-corrected chi connectivity index (χ1v) is 4.02. The zero-order valence-corrected chi connectivity index (χ0v) is 7.86. The first-order chi connectivity index (χ1) is 7.61. The van der Waals surface area contributed by atoms with Crippen molar-refractivity contribution >= 4 is 11.9 Å². The van der Waals surface area contributed by atoms with E-state index in [4.69, 9.17) is 10.2 Å². The molecule has 2 heterocycles. The monoisotopic (exact) mass is 225 g/mol. The standard InChI is InChI=1S/C5H4O3.C4H3NO3/c6-5(7)4-2-1-3-8-4;6-4(7)3-1-2-5-8-3/h1-3H,(H,6,7);1-2H,(H,6,7). The molecule has 2 rings (SSSR count). The zero-order chi connectivity index (χ0) is 12.0. The third-order valence-electron chi connectivity index (χ3n) is 1.38. The van der Waals surface area contributed by atoms with E-state index in [-0.39, 0.29) is 11.5 Å². The average molecular weight is 225 g/mol. The summed E-state index contributed by atoms with van der Waals surface area (Å²) in [6, 6.07) is 4.20. The van der Waals surface area contributed by atoms with Crippen LogP contribution < -0.4 is 0 Å². The highest BCUT2D eigenvalue weighted by molar-refractivity contribution is 5.84. The van der Waals surface area contributed by atoms with E-state index < -0.39 is 11.9 Å². The van der Waals surface area contributed by atoms with Crippen molar-refractivity contribution in [3.63, 3.8) is 0 Å². The first-order valence-electron chi connectivity index (χ1n) is 4.02. The van der Waals surface area contributed by atoms with Crippen LogP contribution in [0.25, 0.3) is 0 Å². The van der Waals surface area contributed by atoms with Crippen molar-refractivity contribution < 1.29 is 28.7 Å². The van der Waals surface area contributed by atoms with Crippen molar-refractivity contribution in [2.75, 3.05) is 0 Å². The number of aromatic nitrogens is 1. The van der Waals surface area contributed by atoms with Crippen LogP contribution >= 0.6 is 0 Å². The number of nitrogens with zero attached hydrogens (tertiary/aromatic N) is 1. The predicted octanol–water partition coefficient (Wildman–Crippen LogP) is 1.35. The SMILES string of the molecule is O=C(O)c1ccco1.O=C(O)c1ccno1. The largest absolute Gasteiger partial charge is 0.475 e. The molecule has 0 atom stereocenters. The van der Waals surface area contributed by atoms with E-state index in [1.165, 1.54) is 30.7 Å². The quantitative estimate of drug-likeness (QED) is 0.792. The molecule has 0 unspecified atom stereocenters. The summed E-state index contributed by atoms with van der Waals surface area (Å²) in [6.07, 6.45) is 2.60. The molecule has 0 aliphatic heterocycles. The molecule has 7 nitrogen and oxygen atoms in total. The van der Waals surface area contributed by atoms with Crippen molar-refractivity contribution in [3.05, 3.63) is 42.2 Å². The van der Waals surface area contributed by atoms with Crippen LogP contribution in [0.3, 0.4) is 0 Å². The lowest BCUT2D eigenvalue weighted by Crippen LogP contribution is -1.91. The Morgan fingerprint density at radius 1 is 1.12 bits per heavy atom. The van der Waals surface area contributed by atoms with Gasteiger partial charge in [-0.25, -0.2) is 9.59 Å². The number of carboxylic acids is 2. The van der Waals surface area contributed by atoms with E-state index in [2.05, 4.69) is 14.1 Å². The van der Waals surface area contributed by atoms with E-state index >= 15 is 0 Å². The lowest BCUT2D eigenvalue weighted by molar-refractivity contribution is 0.0646. The smallest absolute Gasteiger partial charge is 0.374 e. The molecule has 16 heavy (non-hydrogen) atoms. The summed E-state index contributed by atoms with van der Waals surface area (Å²) >= 11 is 0. The Balaban J connectivity index is 0.000000160. The fourth-order valence-corrected chi connectivity index (χ4v) is 0.726. The molecule has 0 radical (unpaired) electrons. The van der Waals surface area contributed by atoms with Crippen molar-refractivity contribution in [3.8, 4) is 0 Å². The van der Waals surface area contributed by atoms with E-state index in [1.54, 1.807) is 0 Å². The molecular weight excluding hydrogens is 218 g/mol. The predicted molar refractivity (Wildman–Crippen MR) is 49.1 cm³/mol. The molecule has 0 bridgehead atoms. The third-order valence-corrected chi connectivity index (χ3v) is 1.38. The van der Waals surface area contributed by atoms with Crippen LogP contribution in [0.15, 0.2) is 39.6 Å². The maximum Gasteiger partial charge on any atom is 0.374 e. The maximum absolute atomic E-state index is 9.97. The number of carbonyl (C=O) groups is 2. The van der Waals surface area contributed by atoms with Gasteiger partial charge in [0, 0.05) is 6.07 Å². The molecule has 0 aliphatic carbocycles. The Hall–Kier alpha value is -2.57. The van der Waals surface area contributed by atoms with Gasteiger partial charge in [-0.15, -0.1) is 0 Å². The summed E-state index contributed by atoms with van der Waals surface area (Å²) < 4.78 is 8.74. The Bertz CT molecular complexity index is 400. The summed E-state index contributed by atoms with van der Waals surface area (Å²) in [5.74, 6) is -2.28. The van der Waals surface area contributed by atoms with Crippen LogP contribution in [0.5, 0.6) is 0 Å². The van der Waals surface area contributed by atoms with Crippen LogP contribution in [-0.2, 0) is 0 Å². The second-order valence-corrected chi connectivity index (χ2v) is 2.46. The molecule has 7 heteroatoms.